The number of primary amides is 1. The van der Waals surface area contributed by atoms with Gasteiger partial charge in [-0.15, -0.1) is 0 Å². The van der Waals surface area contributed by atoms with E-state index < -0.39 is 6.03 Å². The number of urea groups is 1. The first kappa shape index (κ1) is 16.6. The normalized spacial score (nSPS) is 10.4. The third kappa shape index (κ3) is 4.17. The number of carbonyl (C=O) groups excluding carboxylic acids is 1. The molecule has 2 N–H and O–H groups in total. The maximum atomic E-state index is 11.8. The van der Waals surface area contributed by atoms with Crippen molar-refractivity contribution in [3.8, 4) is 11.4 Å². The molecule has 2 aromatic carbocycles. The SMILES string of the molecule is COc1ccc(CN(Cc2ccc(-n3cccn3)cc2)C(N)=O)cc1. The summed E-state index contributed by atoms with van der Waals surface area (Å²) in [5.41, 5.74) is 8.51. The molecule has 0 saturated heterocycles. The van der Waals surface area contributed by atoms with Crippen molar-refractivity contribution >= 4 is 6.03 Å². The Bertz CT molecular complexity index is 812. The van der Waals surface area contributed by atoms with Gasteiger partial charge in [-0.05, 0) is 41.5 Å². The fraction of sp³-hybridized carbons (Fsp3) is 0.158. The first-order chi connectivity index (χ1) is 12.2. The second kappa shape index (κ2) is 7.53. The van der Waals surface area contributed by atoms with Crippen molar-refractivity contribution < 1.29 is 9.53 Å². The minimum Gasteiger partial charge on any atom is -0.497 e. The van der Waals surface area contributed by atoms with Gasteiger partial charge in [0.15, 0.2) is 0 Å². The van der Waals surface area contributed by atoms with E-state index in [0.717, 1.165) is 22.6 Å². The topological polar surface area (TPSA) is 73.4 Å². The first-order valence-corrected chi connectivity index (χ1v) is 7.92. The molecule has 25 heavy (non-hydrogen) atoms. The van der Waals surface area contributed by atoms with Crippen LogP contribution in [0.3, 0.4) is 0 Å². The van der Waals surface area contributed by atoms with Crippen LogP contribution in [0.5, 0.6) is 5.75 Å². The van der Waals surface area contributed by atoms with Crippen LogP contribution in [0.1, 0.15) is 11.1 Å². The molecule has 0 fully saturated rings. The predicted molar refractivity (Wildman–Crippen MR) is 95.4 cm³/mol. The van der Waals surface area contributed by atoms with Crippen LogP contribution in [0, 0.1) is 0 Å². The Labute approximate surface area is 146 Å². The Balaban J connectivity index is 1.69. The summed E-state index contributed by atoms with van der Waals surface area (Å²) in [5, 5.41) is 4.20. The second-order valence-corrected chi connectivity index (χ2v) is 5.66. The summed E-state index contributed by atoms with van der Waals surface area (Å²) < 4.78 is 6.93. The highest BCUT2D eigenvalue weighted by Crippen LogP contribution is 2.15. The fourth-order valence-electron chi connectivity index (χ4n) is 2.56. The van der Waals surface area contributed by atoms with Gasteiger partial charge in [0.2, 0.25) is 0 Å². The lowest BCUT2D eigenvalue weighted by molar-refractivity contribution is 0.202. The molecule has 0 radical (unpaired) electrons. The quantitative estimate of drug-likeness (QED) is 0.752. The standard InChI is InChI=1S/C19H20N4O2/c1-25-18-9-5-16(6-10-18)14-22(19(20)24)13-15-3-7-17(8-4-15)23-12-2-11-21-23/h2-12H,13-14H2,1H3,(H2,20,24). The second-order valence-electron chi connectivity index (χ2n) is 5.66. The van der Waals surface area contributed by atoms with Crippen LogP contribution in [0.2, 0.25) is 0 Å². The minimum absolute atomic E-state index is 0.445. The maximum Gasteiger partial charge on any atom is 0.315 e. The van der Waals surface area contributed by atoms with E-state index in [0.29, 0.717) is 13.1 Å². The van der Waals surface area contributed by atoms with Crippen LogP contribution < -0.4 is 10.5 Å². The van der Waals surface area contributed by atoms with Gasteiger partial charge < -0.3 is 15.4 Å². The molecule has 1 heterocycles. The molecule has 0 aliphatic carbocycles. The van der Waals surface area contributed by atoms with Crippen molar-refractivity contribution in [2.24, 2.45) is 5.73 Å². The molecule has 2 amide bonds. The van der Waals surface area contributed by atoms with Gasteiger partial charge in [-0.2, -0.15) is 5.10 Å². The van der Waals surface area contributed by atoms with E-state index in [1.165, 1.54) is 0 Å². The molecule has 0 unspecified atom stereocenters. The molecule has 6 nitrogen and oxygen atoms in total. The van der Waals surface area contributed by atoms with Crippen LogP contribution in [0.4, 0.5) is 4.79 Å². The summed E-state index contributed by atoms with van der Waals surface area (Å²) in [6, 6.07) is 16.9. The molecule has 0 atom stereocenters. The lowest BCUT2D eigenvalue weighted by Gasteiger charge is -2.21. The van der Waals surface area contributed by atoms with Crippen LogP contribution >= 0.6 is 0 Å². The molecule has 128 valence electrons. The van der Waals surface area contributed by atoms with Crippen molar-refractivity contribution in [1.29, 1.82) is 0 Å². The van der Waals surface area contributed by atoms with Crippen molar-refractivity contribution in [2.75, 3.05) is 7.11 Å². The highest BCUT2D eigenvalue weighted by molar-refractivity contribution is 5.72. The molecule has 0 saturated carbocycles. The van der Waals surface area contributed by atoms with E-state index in [1.54, 1.807) is 22.9 Å². The molecular formula is C19H20N4O2. The summed E-state index contributed by atoms with van der Waals surface area (Å²) in [7, 11) is 1.62. The average molecular weight is 336 g/mol. The number of nitrogens with zero attached hydrogens (tertiary/aromatic N) is 3. The molecule has 1 aromatic heterocycles. The Hall–Kier alpha value is -3.28. The number of benzene rings is 2. The number of amides is 2. The zero-order valence-corrected chi connectivity index (χ0v) is 14.0. The van der Waals surface area contributed by atoms with Gasteiger partial charge in [0, 0.05) is 25.5 Å². The number of ether oxygens (including phenoxy) is 1. The first-order valence-electron chi connectivity index (χ1n) is 7.92. The summed E-state index contributed by atoms with van der Waals surface area (Å²) >= 11 is 0. The van der Waals surface area contributed by atoms with Gasteiger partial charge in [0.05, 0.1) is 12.8 Å². The fourth-order valence-corrected chi connectivity index (χ4v) is 2.56. The van der Waals surface area contributed by atoms with Crippen LogP contribution in [-0.4, -0.2) is 27.8 Å². The zero-order valence-electron chi connectivity index (χ0n) is 14.0. The summed E-state index contributed by atoms with van der Waals surface area (Å²) in [4.78, 5) is 13.4. The van der Waals surface area contributed by atoms with E-state index in [-0.39, 0.29) is 0 Å². The average Bonchev–Trinajstić information content (AvgIpc) is 3.17. The Morgan fingerprint density at radius 3 is 2.16 bits per heavy atom. The third-order valence-corrected chi connectivity index (χ3v) is 3.92. The van der Waals surface area contributed by atoms with Gasteiger partial charge >= 0.3 is 6.03 Å². The molecule has 0 bridgehead atoms. The smallest absolute Gasteiger partial charge is 0.315 e. The van der Waals surface area contributed by atoms with Crippen LogP contribution in [0.25, 0.3) is 5.69 Å². The van der Waals surface area contributed by atoms with Crippen molar-refractivity contribution in [3.05, 3.63) is 78.1 Å². The number of carbonyl (C=O) groups is 1. The Kier molecular flexibility index (Phi) is 4.99. The molecule has 3 aromatic rings. The van der Waals surface area contributed by atoms with Gasteiger partial charge in [0.1, 0.15) is 5.75 Å². The van der Waals surface area contributed by atoms with E-state index in [4.69, 9.17) is 10.5 Å². The van der Waals surface area contributed by atoms with Crippen LogP contribution in [0.15, 0.2) is 67.0 Å². The van der Waals surface area contributed by atoms with Crippen LogP contribution in [-0.2, 0) is 13.1 Å². The number of methoxy groups -OCH3 is 1. The molecule has 0 spiro atoms. The molecule has 6 heteroatoms. The lowest BCUT2D eigenvalue weighted by atomic mass is 10.1. The van der Waals surface area contributed by atoms with Gasteiger partial charge in [0.25, 0.3) is 0 Å². The molecule has 3 rings (SSSR count). The largest absolute Gasteiger partial charge is 0.497 e. The molecular weight excluding hydrogens is 316 g/mol. The highest BCUT2D eigenvalue weighted by Gasteiger charge is 2.11. The van der Waals surface area contributed by atoms with Gasteiger partial charge in [-0.3, -0.25) is 0 Å². The lowest BCUT2D eigenvalue weighted by Crippen LogP contribution is -2.34. The number of aromatic nitrogens is 2. The van der Waals surface area contributed by atoms with Crippen molar-refractivity contribution in [2.45, 2.75) is 13.1 Å². The molecule has 0 aliphatic rings. The number of hydrogen-bond acceptors (Lipinski definition) is 3. The van der Waals surface area contributed by atoms with Crippen molar-refractivity contribution in [1.82, 2.24) is 14.7 Å². The monoisotopic (exact) mass is 336 g/mol. The summed E-state index contributed by atoms with van der Waals surface area (Å²) in [5.74, 6) is 0.781. The Morgan fingerprint density at radius 1 is 1.08 bits per heavy atom. The van der Waals surface area contributed by atoms with E-state index in [9.17, 15) is 4.79 Å². The van der Waals surface area contributed by atoms with E-state index in [1.807, 2.05) is 60.8 Å². The summed E-state index contributed by atoms with van der Waals surface area (Å²) in [6.45, 7) is 0.890. The summed E-state index contributed by atoms with van der Waals surface area (Å²) in [6.07, 6.45) is 3.62. The number of hydrogen-bond donors (Lipinski definition) is 1. The van der Waals surface area contributed by atoms with Crippen molar-refractivity contribution in [3.63, 3.8) is 0 Å². The minimum atomic E-state index is -0.452. The Morgan fingerprint density at radius 2 is 1.68 bits per heavy atom. The maximum absolute atomic E-state index is 11.8. The van der Waals surface area contributed by atoms with Gasteiger partial charge in [-0.25, -0.2) is 9.48 Å². The third-order valence-electron chi connectivity index (χ3n) is 3.92. The zero-order chi connectivity index (χ0) is 17.6. The highest BCUT2D eigenvalue weighted by atomic mass is 16.5. The molecule has 0 aliphatic heterocycles. The predicted octanol–water partition coefficient (Wildman–Crippen LogP) is 2.96. The van der Waals surface area contributed by atoms with Gasteiger partial charge in [-0.1, -0.05) is 24.3 Å². The van der Waals surface area contributed by atoms with E-state index >= 15 is 0 Å². The van der Waals surface area contributed by atoms with E-state index in [2.05, 4.69) is 5.10 Å². The number of nitrogens with two attached hydrogens (primary N) is 1. The number of rotatable bonds is 6.